The van der Waals surface area contributed by atoms with E-state index in [1.165, 1.54) is 30.5 Å². The average Bonchev–Trinajstić information content (AvgIpc) is 2.82. The molecule has 0 saturated carbocycles. The highest BCUT2D eigenvalue weighted by molar-refractivity contribution is 7.86. The number of aromatic nitrogens is 1. The van der Waals surface area contributed by atoms with Gasteiger partial charge in [-0.3, -0.25) is 10.1 Å². The lowest BCUT2D eigenvalue weighted by Gasteiger charge is -2.06. The molecule has 0 aliphatic heterocycles. The molecule has 1 aromatic heterocycles. The Morgan fingerprint density at radius 3 is 2.75 bits per heavy atom. The number of hydrogen-bond acceptors (Lipinski definition) is 7. The summed E-state index contributed by atoms with van der Waals surface area (Å²) in [5.74, 6) is -0.863. The summed E-state index contributed by atoms with van der Waals surface area (Å²) in [5.41, 5.74) is 0.367. The van der Waals surface area contributed by atoms with E-state index in [1.807, 2.05) is 0 Å². The van der Waals surface area contributed by atoms with E-state index in [-0.39, 0.29) is 11.4 Å². The maximum atomic E-state index is 11.8. The standard InChI is InChI=1S/C11H10N2O6S/c1-8-2-3-11(10(6-8)13(14)15)19-20(16,17)7-9-4-5-18-12-9/h2-6H,7H2,1H3. The number of hydrogen-bond donors (Lipinski definition) is 0. The third kappa shape index (κ3) is 3.32. The molecule has 0 aliphatic rings. The molecule has 0 radical (unpaired) electrons. The van der Waals surface area contributed by atoms with E-state index in [9.17, 15) is 18.5 Å². The first-order valence-corrected chi connectivity index (χ1v) is 7.01. The highest BCUT2D eigenvalue weighted by atomic mass is 32.2. The van der Waals surface area contributed by atoms with Crippen molar-refractivity contribution in [3.05, 3.63) is 51.9 Å². The summed E-state index contributed by atoms with van der Waals surface area (Å²) in [5, 5.41) is 14.3. The Hall–Kier alpha value is -2.42. The van der Waals surface area contributed by atoms with Crippen molar-refractivity contribution >= 4 is 15.8 Å². The molecule has 2 aromatic rings. The maximum absolute atomic E-state index is 11.8. The number of rotatable bonds is 5. The predicted molar refractivity (Wildman–Crippen MR) is 67.6 cm³/mol. The fourth-order valence-electron chi connectivity index (χ4n) is 1.50. The quantitative estimate of drug-likeness (QED) is 0.470. The van der Waals surface area contributed by atoms with Crippen molar-refractivity contribution in [1.29, 1.82) is 0 Å². The van der Waals surface area contributed by atoms with Gasteiger partial charge in [0.25, 0.3) is 0 Å². The zero-order chi connectivity index (χ0) is 14.8. The third-order valence-electron chi connectivity index (χ3n) is 2.34. The Labute approximate surface area is 114 Å². The van der Waals surface area contributed by atoms with Gasteiger partial charge in [-0.25, -0.2) is 0 Å². The first-order chi connectivity index (χ1) is 9.37. The summed E-state index contributed by atoms with van der Waals surface area (Å²) < 4.78 is 32.9. The largest absolute Gasteiger partial charge is 0.375 e. The molecule has 1 heterocycles. The van der Waals surface area contributed by atoms with Gasteiger partial charge in [0.1, 0.15) is 17.7 Å². The zero-order valence-electron chi connectivity index (χ0n) is 10.3. The average molecular weight is 298 g/mol. The van der Waals surface area contributed by atoms with E-state index in [2.05, 4.69) is 9.68 Å². The zero-order valence-corrected chi connectivity index (χ0v) is 11.2. The number of nitrogens with zero attached hydrogens (tertiary/aromatic N) is 2. The molecule has 0 spiro atoms. The second-order valence-corrected chi connectivity index (χ2v) is 5.58. The van der Waals surface area contributed by atoms with Crippen LogP contribution < -0.4 is 4.18 Å². The Balaban J connectivity index is 2.27. The maximum Gasteiger partial charge on any atom is 0.315 e. The Morgan fingerprint density at radius 1 is 1.40 bits per heavy atom. The lowest BCUT2D eigenvalue weighted by molar-refractivity contribution is -0.385. The minimum absolute atomic E-state index is 0.153. The Bertz CT molecular complexity index is 723. The van der Waals surface area contributed by atoms with Gasteiger partial charge in [0.2, 0.25) is 5.75 Å². The molecule has 2 rings (SSSR count). The number of nitro groups is 1. The lowest BCUT2D eigenvalue weighted by atomic mass is 10.2. The van der Waals surface area contributed by atoms with Gasteiger partial charge in [-0.1, -0.05) is 11.2 Å². The molecule has 0 atom stereocenters. The molecule has 106 valence electrons. The van der Waals surface area contributed by atoms with Crippen molar-refractivity contribution in [2.24, 2.45) is 0 Å². The van der Waals surface area contributed by atoms with Crippen molar-refractivity contribution in [1.82, 2.24) is 5.16 Å². The van der Waals surface area contributed by atoms with E-state index >= 15 is 0 Å². The summed E-state index contributed by atoms with van der Waals surface area (Å²) >= 11 is 0. The topological polar surface area (TPSA) is 113 Å². The molecule has 9 heteroatoms. The van der Waals surface area contributed by atoms with Crippen LogP contribution in [0.4, 0.5) is 5.69 Å². The second-order valence-electron chi connectivity index (χ2n) is 4.00. The monoisotopic (exact) mass is 298 g/mol. The molecular formula is C11H10N2O6S. The van der Waals surface area contributed by atoms with Crippen molar-refractivity contribution in [3.63, 3.8) is 0 Å². The van der Waals surface area contributed by atoms with Gasteiger partial charge >= 0.3 is 15.8 Å². The third-order valence-corrected chi connectivity index (χ3v) is 3.43. The van der Waals surface area contributed by atoms with Crippen LogP contribution in [0.25, 0.3) is 0 Å². The summed E-state index contributed by atoms with van der Waals surface area (Å²) in [4.78, 5) is 10.2. The van der Waals surface area contributed by atoms with E-state index in [0.717, 1.165) is 0 Å². The molecule has 8 nitrogen and oxygen atoms in total. The van der Waals surface area contributed by atoms with Gasteiger partial charge in [0, 0.05) is 12.1 Å². The number of aryl methyl sites for hydroxylation is 1. The van der Waals surface area contributed by atoms with E-state index in [0.29, 0.717) is 5.56 Å². The van der Waals surface area contributed by atoms with Crippen molar-refractivity contribution in [3.8, 4) is 5.75 Å². The summed E-state index contributed by atoms with van der Waals surface area (Å²) in [6.45, 7) is 1.65. The molecule has 1 aromatic carbocycles. The van der Waals surface area contributed by atoms with Crippen LogP contribution in [-0.2, 0) is 15.9 Å². The molecule has 0 saturated heterocycles. The summed E-state index contributed by atoms with van der Waals surface area (Å²) in [6.07, 6.45) is 1.22. The van der Waals surface area contributed by atoms with Crippen LogP contribution in [0.5, 0.6) is 5.75 Å². The van der Waals surface area contributed by atoms with Crippen molar-refractivity contribution < 1.29 is 22.0 Å². The molecular weight excluding hydrogens is 288 g/mol. The molecule has 0 bridgehead atoms. The SMILES string of the molecule is Cc1ccc(OS(=O)(=O)Cc2ccon2)c([N+](=O)[O-])c1. The van der Waals surface area contributed by atoms with Crippen LogP contribution in [0.3, 0.4) is 0 Å². The van der Waals surface area contributed by atoms with Crippen LogP contribution >= 0.6 is 0 Å². The summed E-state index contributed by atoms with van der Waals surface area (Å²) in [6, 6.07) is 5.37. The molecule has 0 aliphatic carbocycles. The van der Waals surface area contributed by atoms with Crippen molar-refractivity contribution in [2.75, 3.05) is 0 Å². The molecule has 0 N–H and O–H groups in total. The Morgan fingerprint density at radius 2 is 2.15 bits per heavy atom. The van der Waals surface area contributed by atoms with Gasteiger partial charge < -0.3 is 8.71 Å². The first kappa shape index (κ1) is 14.0. The van der Waals surface area contributed by atoms with Crippen LogP contribution in [0.1, 0.15) is 11.3 Å². The van der Waals surface area contributed by atoms with Crippen molar-refractivity contribution in [2.45, 2.75) is 12.7 Å². The highest BCUT2D eigenvalue weighted by Crippen LogP contribution is 2.29. The van der Waals surface area contributed by atoms with Crippen LogP contribution in [0.15, 0.2) is 35.1 Å². The van der Waals surface area contributed by atoms with Gasteiger partial charge in [-0.2, -0.15) is 8.42 Å². The number of nitro benzene ring substituents is 1. The van der Waals surface area contributed by atoms with E-state index < -0.39 is 26.5 Å². The summed E-state index contributed by atoms with van der Waals surface area (Å²) in [7, 11) is -4.05. The normalized spacial score (nSPS) is 11.2. The lowest BCUT2D eigenvalue weighted by Crippen LogP contribution is -2.13. The molecule has 0 unspecified atom stereocenters. The van der Waals surface area contributed by atoms with Crippen LogP contribution in [0, 0.1) is 17.0 Å². The fraction of sp³-hybridized carbons (Fsp3) is 0.182. The van der Waals surface area contributed by atoms with E-state index in [1.54, 1.807) is 6.92 Å². The first-order valence-electron chi connectivity index (χ1n) is 5.44. The highest BCUT2D eigenvalue weighted by Gasteiger charge is 2.22. The number of benzene rings is 1. The van der Waals surface area contributed by atoms with Gasteiger partial charge in [0.15, 0.2) is 0 Å². The van der Waals surface area contributed by atoms with E-state index in [4.69, 9.17) is 4.18 Å². The van der Waals surface area contributed by atoms with Gasteiger partial charge in [-0.05, 0) is 18.6 Å². The predicted octanol–water partition coefficient (Wildman–Crippen LogP) is 1.80. The second kappa shape index (κ2) is 5.29. The fourth-order valence-corrected chi connectivity index (χ4v) is 2.48. The van der Waals surface area contributed by atoms with Crippen LogP contribution in [-0.4, -0.2) is 18.5 Å². The molecule has 0 amide bonds. The minimum atomic E-state index is -4.05. The Kier molecular flexibility index (Phi) is 3.70. The smallest absolute Gasteiger partial charge is 0.315 e. The minimum Gasteiger partial charge on any atom is -0.375 e. The molecule has 0 fully saturated rings. The van der Waals surface area contributed by atoms with Crippen LogP contribution in [0.2, 0.25) is 0 Å². The van der Waals surface area contributed by atoms with Gasteiger partial charge in [-0.15, -0.1) is 0 Å². The van der Waals surface area contributed by atoms with Gasteiger partial charge in [0.05, 0.1) is 4.92 Å². The molecule has 20 heavy (non-hydrogen) atoms.